The molecule has 2 fully saturated rings. The van der Waals surface area contributed by atoms with Gasteiger partial charge in [-0.25, -0.2) is 4.98 Å². The van der Waals surface area contributed by atoms with Crippen LogP contribution in [0.4, 0.5) is 0 Å². The molecule has 57 heavy (non-hydrogen) atoms. The predicted octanol–water partition coefficient (Wildman–Crippen LogP) is 5.79. The van der Waals surface area contributed by atoms with Gasteiger partial charge in [-0.15, -0.1) is 21.5 Å². The van der Waals surface area contributed by atoms with Gasteiger partial charge in [0.25, 0.3) is 5.91 Å². The Morgan fingerprint density at radius 1 is 1.04 bits per heavy atom. The summed E-state index contributed by atoms with van der Waals surface area (Å²) in [7, 11) is 0. The first-order chi connectivity index (χ1) is 27.5. The van der Waals surface area contributed by atoms with E-state index in [0.717, 1.165) is 27.4 Å². The van der Waals surface area contributed by atoms with Gasteiger partial charge < -0.3 is 34.8 Å². The van der Waals surface area contributed by atoms with Crippen molar-refractivity contribution in [1.29, 1.82) is 0 Å². The summed E-state index contributed by atoms with van der Waals surface area (Å²) in [6.07, 6.45) is 0.639. The number of para-hydroxylation sites is 1. The number of aryl methyl sites for hydroxylation is 1. The van der Waals surface area contributed by atoms with Gasteiger partial charge >= 0.3 is 0 Å². The standard InChI is InChI=1S/C42H44N8O6S/c1-23(2)37(42(55)50-21-29(51)18-34(50)40(53)43-20-25-8-10-27(11-9-25)38-24(3)44-22-57-38)36-19-31(48-56-36)26-12-14-49(15-13-26)41(54)33-17-28-16-32(46-47-39(28)45-33)30-6-4-5-7-35(30)52/h4-11,16-17,19,22-23,26,29,34,37,51-52H,12-15,18,20-21H2,1-3H3,(H,43,53)(H,45,47)/t29-,34+,37+/m1/s1. The lowest BCUT2D eigenvalue weighted by molar-refractivity contribution is -0.141. The molecule has 4 N–H and O–H groups in total. The molecule has 0 unspecified atom stereocenters. The maximum absolute atomic E-state index is 14.2. The Balaban J connectivity index is 0.887. The topological polar surface area (TPSA) is 191 Å². The molecule has 2 saturated heterocycles. The lowest BCUT2D eigenvalue weighted by atomic mass is 9.89. The summed E-state index contributed by atoms with van der Waals surface area (Å²) in [5.41, 5.74) is 7.46. The Hall–Kier alpha value is -5.93. The fraction of sp³-hybridized carbons (Fsp3) is 0.357. The minimum absolute atomic E-state index is 0.0244. The number of nitrogens with one attached hydrogen (secondary N) is 2. The monoisotopic (exact) mass is 788 g/mol. The van der Waals surface area contributed by atoms with Gasteiger partial charge in [0, 0.05) is 55.5 Å². The lowest BCUT2D eigenvalue weighted by Gasteiger charge is -2.30. The number of carbonyl (C=O) groups excluding carboxylic acids is 3. The van der Waals surface area contributed by atoms with Crippen LogP contribution in [0.15, 0.2) is 76.8 Å². The number of aromatic nitrogens is 5. The number of aliphatic hydroxyl groups excluding tert-OH is 1. The summed E-state index contributed by atoms with van der Waals surface area (Å²) < 4.78 is 5.84. The first-order valence-electron chi connectivity index (χ1n) is 19.2. The summed E-state index contributed by atoms with van der Waals surface area (Å²) in [6.45, 7) is 7.17. The molecule has 14 nitrogen and oxygen atoms in total. The normalized spacial score (nSPS) is 18.1. The largest absolute Gasteiger partial charge is 0.507 e. The highest BCUT2D eigenvalue weighted by atomic mass is 32.1. The van der Waals surface area contributed by atoms with E-state index >= 15 is 0 Å². The molecule has 15 heteroatoms. The van der Waals surface area contributed by atoms with Crippen molar-refractivity contribution >= 4 is 40.1 Å². The van der Waals surface area contributed by atoms with Gasteiger partial charge in [-0.2, -0.15) is 0 Å². The van der Waals surface area contributed by atoms with Crippen molar-refractivity contribution in [3.63, 3.8) is 0 Å². The summed E-state index contributed by atoms with van der Waals surface area (Å²) in [5.74, 6) is -1.08. The summed E-state index contributed by atoms with van der Waals surface area (Å²) in [5, 5.41) is 37.4. The predicted molar refractivity (Wildman–Crippen MR) is 213 cm³/mol. The number of benzene rings is 2. The number of hydrogen-bond donors (Lipinski definition) is 4. The van der Waals surface area contributed by atoms with E-state index in [9.17, 15) is 24.6 Å². The molecule has 0 spiro atoms. The number of phenolic OH excluding ortho intramolecular Hbond substituents is 1. The number of hydrogen-bond acceptors (Lipinski definition) is 11. The number of fused-ring (bicyclic) bond motifs is 1. The minimum Gasteiger partial charge on any atom is -0.507 e. The van der Waals surface area contributed by atoms with Crippen molar-refractivity contribution in [1.82, 2.24) is 40.4 Å². The molecule has 2 aromatic carbocycles. The smallest absolute Gasteiger partial charge is 0.270 e. The van der Waals surface area contributed by atoms with Crippen molar-refractivity contribution in [2.24, 2.45) is 5.92 Å². The van der Waals surface area contributed by atoms with Gasteiger partial charge in [-0.3, -0.25) is 14.4 Å². The quantitative estimate of drug-likeness (QED) is 0.132. The molecule has 2 aliphatic heterocycles. The number of piperidine rings is 1. The van der Waals surface area contributed by atoms with Crippen LogP contribution in [0, 0.1) is 12.8 Å². The third kappa shape index (κ3) is 7.76. The highest BCUT2D eigenvalue weighted by molar-refractivity contribution is 7.13. The number of nitrogens with zero attached hydrogens (tertiary/aromatic N) is 6. The Kier molecular flexibility index (Phi) is 10.6. The molecule has 6 heterocycles. The van der Waals surface area contributed by atoms with E-state index in [0.29, 0.717) is 59.7 Å². The highest BCUT2D eigenvalue weighted by Gasteiger charge is 2.43. The Morgan fingerprint density at radius 3 is 2.53 bits per heavy atom. The van der Waals surface area contributed by atoms with Gasteiger partial charge in [-0.1, -0.05) is 55.4 Å². The number of aromatic amines is 1. The molecule has 3 atom stereocenters. The lowest BCUT2D eigenvalue weighted by Crippen LogP contribution is -2.48. The van der Waals surface area contributed by atoms with Crippen LogP contribution in [0.2, 0.25) is 0 Å². The molecule has 0 bridgehead atoms. The van der Waals surface area contributed by atoms with E-state index in [4.69, 9.17) is 4.52 Å². The zero-order valence-electron chi connectivity index (χ0n) is 31.9. The van der Waals surface area contributed by atoms with E-state index in [1.165, 1.54) is 4.90 Å². The van der Waals surface area contributed by atoms with Crippen molar-refractivity contribution in [3.8, 4) is 27.4 Å². The number of β-amino-alcohol motifs (C(OH)–C–C–N with tert-alkyl or cyclic N) is 1. The first kappa shape index (κ1) is 38.0. The van der Waals surface area contributed by atoms with Gasteiger partial charge in [-0.05, 0) is 61.1 Å². The maximum atomic E-state index is 14.2. The molecular formula is C42H44N8O6S. The van der Waals surface area contributed by atoms with Crippen LogP contribution in [0.5, 0.6) is 5.75 Å². The van der Waals surface area contributed by atoms with Crippen LogP contribution in [0.25, 0.3) is 32.7 Å². The summed E-state index contributed by atoms with van der Waals surface area (Å²) in [6, 6.07) is 19.4. The van der Waals surface area contributed by atoms with Crippen LogP contribution in [0.3, 0.4) is 0 Å². The molecule has 8 rings (SSSR count). The number of carbonyl (C=O) groups is 3. The minimum atomic E-state index is -0.823. The zero-order valence-corrected chi connectivity index (χ0v) is 32.7. The average Bonchev–Trinajstić information content (AvgIpc) is 4.04. The van der Waals surface area contributed by atoms with Gasteiger partial charge in [0.2, 0.25) is 11.8 Å². The number of phenols is 1. The van der Waals surface area contributed by atoms with Crippen molar-refractivity contribution < 1.29 is 29.1 Å². The Morgan fingerprint density at radius 2 is 1.81 bits per heavy atom. The highest BCUT2D eigenvalue weighted by Crippen LogP contribution is 2.35. The number of likely N-dealkylation sites (tertiary alicyclic amines) is 2. The van der Waals surface area contributed by atoms with E-state index < -0.39 is 18.1 Å². The van der Waals surface area contributed by atoms with Crippen LogP contribution < -0.4 is 5.32 Å². The first-order valence-corrected chi connectivity index (χ1v) is 20.1. The van der Waals surface area contributed by atoms with Crippen molar-refractivity contribution in [2.45, 2.75) is 70.6 Å². The van der Waals surface area contributed by atoms with Gasteiger partial charge in [0.05, 0.1) is 33.6 Å². The molecule has 2 aliphatic rings. The van der Waals surface area contributed by atoms with Crippen LogP contribution in [0.1, 0.15) is 78.1 Å². The summed E-state index contributed by atoms with van der Waals surface area (Å²) in [4.78, 5) is 53.0. The van der Waals surface area contributed by atoms with Crippen LogP contribution in [-0.2, 0) is 16.1 Å². The molecular weight excluding hydrogens is 745 g/mol. The fourth-order valence-electron chi connectivity index (χ4n) is 7.94. The molecule has 0 aliphatic carbocycles. The summed E-state index contributed by atoms with van der Waals surface area (Å²) >= 11 is 1.58. The molecule has 4 aromatic heterocycles. The van der Waals surface area contributed by atoms with E-state index in [2.05, 4.69) is 30.6 Å². The van der Waals surface area contributed by atoms with Gasteiger partial charge in [0.1, 0.15) is 29.2 Å². The van der Waals surface area contributed by atoms with Crippen LogP contribution >= 0.6 is 11.3 Å². The SMILES string of the molecule is Cc1ncsc1-c1ccc(CNC(=O)[C@@H]2C[C@@H](O)CN2C(=O)[C@H](c2cc(C3CCN(C(=O)c4cc5cc(-c6ccccc6O)nnc5[nH]4)CC3)no2)C(C)C)cc1. The zero-order chi connectivity index (χ0) is 39.8. The second-order valence-corrected chi connectivity index (χ2v) is 16.1. The van der Waals surface area contributed by atoms with Crippen molar-refractivity contribution in [2.75, 3.05) is 19.6 Å². The number of H-pyrrole nitrogens is 1. The third-order valence-electron chi connectivity index (χ3n) is 11.1. The number of aliphatic hydroxyl groups is 1. The molecule has 6 aromatic rings. The molecule has 294 valence electrons. The number of rotatable bonds is 10. The fourth-order valence-corrected chi connectivity index (χ4v) is 8.75. The van der Waals surface area contributed by atoms with Gasteiger partial charge in [0.15, 0.2) is 5.65 Å². The van der Waals surface area contributed by atoms with E-state index in [-0.39, 0.29) is 54.8 Å². The second kappa shape index (κ2) is 15.9. The Bertz CT molecular complexity index is 2410. The van der Waals surface area contributed by atoms with E-state index in [1.54, 1.807) is 46.6 Å². The molecule has 0 saturated carbocycles. The number of aromatic hydroxyl groups is 1. The van der Waals surface area contributed by atoms with Crippen LogP contribution in [-0.4, -0.2) is 94.8 Å². The second-order valence-electron chi connectivity index (χ2n) is 15.3. The molecule has 0 radical (unpaired) electrons. The van der Waals surface area contributed by atoms with E-state index in [1.807, 2.05) is 62.7 Å². The maximum Gasteiger partial charge on any atom is 0.270 e. The number of thiazole rings is 1. The van der Waals surface area contributed by atoms with Crippen molar-refractivity contribution in [3.05, 3.63) is 101 Å². The Labute approximate surface area is 332 Å². The number of amides is 3. The third-order valence-corrected chi connectivity index (χ3v) is 12.0. The molecule has 3 amide bonds. The average molecular weight is 789 g/mol.